The van der Waals surface area contributed by atoms with Crippen molar-refractivity contribution in [3.8, 4) is 0 Å². The van der Waals surface area contributed by atoms with Crippen LogP contribution in [0.3, 0.4) is 0 Å². The average molecular weight is 267 g/mol. The summed E-state index contributed by atoms with van der Waals surface area (Å²) in [6, 6.07) is 1.34. The van der Waals surface area contributed by atoms with Gasteiger partial charge < -0.3 is 16.0 Å². The first-order valence-corrected chi connectivity index (χ1v) is 8.04. The highest BCUT2D eigenvalue weighted by Crippen LogP contribution is 2.31. The second-order valence-electron chi connectivity index (χ2n) is 5.96. The summed E-state index contributed by atoms with van der Waals surface area (Å²) in [5.41, 5.74) is 0. The molecule has 1 saturated carbocycles. The second-order valence-corrected chi connectivity index (χ2v) is 5.96. The van der Waals surface area contributed by atoms with Gasteiger partial charge in [-0.25, -0.2) is 0 Å². The molecule has 0 aromatic carbocycles. The summed E-state index contributed by atoms with van der Waals surface area (Å²) in [5, 5.41) is 10.2. The van der Waals surface area contributed by atoms with Crippen LogP contribution in [0.4, 0.5) is 0 Å². The van der Waals surface area contributed by atoms with Crippen LogP contribution in [0.1, 0.15) is 51.9 Å². The van der Waals surface area contributed by atoms with Gasteiger partial charge in [0.1, 0.15) is 0 Å². The van der Waals surface area contributed by atoms with E-state index in [1.54, 1.807) is 0 Å². The Morgan fingerprint density at radius 2 is 2.11 bits per heavy atom. The summed E-state index contributed by atoms with van der Waals surface area (Å²) in [6.45, 7) is 4.89. The minimum Gasteiger partial charge on any atom is -0.356 e. The molecule has 3 atom stereocenters. The van der Waals surface area contributed by atoms with Gasteiger partial charge in [0.25, 0.3) is 0 Å². The standard InChI is InChI=1S/C15H29N3O/c1-2-9-18-15(19)8-11-17-13-6-3-5-12(13)14-7-4-10-16-14/h12-14,16-17H,2-11H2,1H3,(H,18,19). The van der Waals surface area contributed by atoms with E-state index in [9.17, 15) is 4.79 Å². The minimum atomic E-state index is 0.183. The summed E-state index contributed by atoms with van der Waals surface area (Å²) in [4.78, 5) is 11.6. The van der Waals surface area contributed by atoms with Crippen LogP contribution in [0, 0.1) is 5.92 Å². The second kappa shape index (κ2) is 7.85. The van der Waals surface area contributed by atoms with Crippen LogP contribution in [0.15, 0.2) is 0 Å². The third-order valence-electron chi connectivity index (χ3n) is 4.52. The molecule has 0 spiro atoms. The topological polar surface area (TPSA) is 53.2 Å². The molecule has 1 aliphatic heterocycles. The van der Waals surface area contributed by atoms with Crippen molar-refractivity contribution in [2.45, 2.75) is 64.0 Å². The summed E-state index contributed by atoms with van der Waals surface area (Å²) in [7, 11) is 0. The van der Waals surface area contributed by atoms with E-state index >= 15 is 0 Å². The zero-order valence-corrected chi connectivity index (χ0v) is 12.2. The highest BCUT2D eigenvalue weighted by atomic mass is 16.1. The van der Waals surface area contributed by atoms with Crippen molar-refractivity contribution in [2.24, 2.45) is 5.92 Å². The van der Waals surface area contributed by atoms with Crippen molar-refractivity contribution < 1.29 is 4.79 Å². The van der Waals surface area contributed by atoms with Crippen LogP contribution in [0.2, 0.25) is 0 Å². The van der Waals surface area contributed by atoms with Gasteiger partial charge in [0.15, 0.2) is 0 Å². The monoisotopic (exact) mass is 267 g/mol. The van der Waals surface area contributed by atoms with Gasteiger partial charge in [-0.05, 0) is 44.6 Å². The van der Waals surface area contributed by atoms with Crippen molar-refractivity contribution in [1.82, 2.24) is 16.0 Å². The molecule has 2 aliphatic rings. The maximum Gasteiger partial charge on any atom is 0.221 e. The number of carbonyl (C=O) groups excluding carboxylic acids is 1. The smallest absolute Gasteiger partial charge is 0.221 e. The van der Waals surface area contributed by atoms with E-state index in [4.69, 9.17) is 0 Å². The van der Waals surface area contributed by atoms with Gasteiger partial charge in [-0.3, -0.25) is 4.79 Å². The number of rotatable bonds is 7. The molecule has 19 heavy (non-hydrogen) atoms. The molecule has 2 rings (SSSR count). The highest BCUT2D eigenvalue weighted by Gasteiger charge is 2.34. The van der Waals surface area contributed by atoms with Crippen molar-refractivity contribution >= 4 is 5.91 Å². The third-order valence-corrected chi connectivity index (χ3v) is 4.52. The van der Waals surface area contributed by atoms with Crippen LogP contribution in [0.25, 0.3) is 0 Å². The number of carbonyl (C=O) groups is 1. The Labute approximate surface area is 117 Å². The zero-order chi connectivity index (χ0) is 13.5. The van der Waals surface area contributed by atoms with E-state index in [1.807, 2.05) is 0 Å². The predicted molar refractivity (Wildman–Crippen MR) is 78.1 cm³/mol. The van der Waals surface area contributed by atoms with Gasteiger partial charge in [-0.1, -0.05) is 13.3 Å². The molecule has 3 N–H and O–H groups in total. The molecule has 4 nitrogen and oxygen atoms in total. The van der Waals surface area contributed by atoms with Crippen LogP contribution in [0.5, 0.6) is 0 Å². The van der Waals surface area contributed by atoms with Gasteiger partial charge in [0.05, 0.1) is 0 Å². The van der Waals surface area contributed by atoms with Crippen molar-refractivity contribution in [3.63, 3.8) is 0 Å². The van der Waals surface area contributed by atoms with E-state index in [0.29, 0.717) is 18.5 Å². The molecule has 1 heterocycles. The summed E-state index contributed by atoms with van der Waals surface area (Å²) in [6.07, 6.45) is 8.24. The summed E-state index contributed by atoms with van der Waals surface area (Å²) < 4.78 is 0. The lowest BCUT2D eigenvalue weighted by atomic mass is 9.93. The zero-order valence-electron chi connectivity index (χ0n) is 12.2. The van der Waals surface area contributed by atoms with Crippen LogP contribution >= 0.6 is 0 Å². The van der Waals surface area contributed by atoms with Crippen molar-refractivity contribution in [2.75, 3.05) is 19.6 Å². The fourth-order valence-corrected chi connectivity index (χ4v) is 3.52. The van der Waals surface area contributed by atoms with E-state index in [1.165, 1.54) is 38.6 Å². The van der Waals surface area contributed by atoms with E-state index in [-0.39, 0.29) is 5.91 Å². The Morgan fingerprint density at radius 1 is 1.21 bits per heavy atom. The Kier molecular flexibility index (Phi) is 6.11. The normalized spacial score (nSPS) is 30.7. The lowest BCUT2D eigenvalue weighted by Gasteiger charge is -2.26. The largest absolute Gasteiger partial charge is 0.356 e. The molecule has 0 aromatic rings. The molecule has 0 radical (unpaired) electrons. The van der Waals surface area contributed by atoms with Gasteiger partial charge >= 0.3 is 0 Å². The molecular weight excluding hydrogens is 238 g/mol. The van der Waals surface area contributed by atoms with E-state index in [0.717, 1.165) is 25.4 Å². The number of amides is 1. The molecule has 1 aliphatic carbocycles. The first-order chi connectivity index (χ1) is 9.31. The third kappa shape index (κ3) is 4.46. The molecule has 3 unspecified atom stereocenters. The van der Waals surface area contributed by atoms with Gasteiger partial charge in [0.2, 0.25) is 5.91 Å². The SMILES string of the molecule is CCCNC(=O)CCNC1CCCC1C1CCCN1. The van der Waals surface area contributed by atoms with Gasteiger partial charge in [-0.2, -0.15) is 0 Å². The van der Waals surface area contributed by atoms with Crippen LogP contribution < -0.4 is 16.0 Å². The molecule has 110 valence electrons. The summed E-state index contributed by atoms with van der Waals surface area (Å²) >= 11 is 0. The van der Waals surface area contributed by atoms with E-state index < -0.39 is 0 Å². The summed E-state index contributed by atoms with van der Waals surface area (Å²) in [5.74, 6) is 0.962. The maximum atomic E-state index is 11.6. The molecule has 4 heteroatoms. The molecule has 1 saturated heterocycles. The Balaban J connectivity index is 1.65. The molecule has 0 bridgehead atoms. The fourth-order valence-electron chi connectivity index (χ4n) is 3.52. The van der Waals surface area contributed by atoms with Crippen LogP contribution in [-0.4, -0.2) is 37.6 Å². The molecule has 0 aromatic heterocycles. The highest BCUT2D eigenvalue weighted by molar-refractivity contribution is 5.75. The fraction of sp³-hybridized carbons (Fsp3) is 0.933. The minimum absolute atomic E-state index is 0.183. The van der Waals surface area contributed by atoms with Gasteiger partial charge in [-0.15, -0.1) is 0 Å². The first kappa shape index (κ1) is 14.8. The Bertz CT molecular complexity index is 277. The van der Waals surface area contributed by atoms with Crippen LogP contribution in [-0.2, 0) is 4.79 Å². The number of hydrogen-bond acceptors (Lipinski definition) is 3. The molecule has 2 fully saturated rings. The number of hydrogen-bond donors (Lipinski definition) is 3. The maximum absolute atomic E-state index is 11.6. The Hall–Kier alpha value is -0.610. The Morgan fingerprint density at radius 3 is 2.84 bits per heavy atom. The van der Waals surface area contributed by atoms with Gasteiger partial charge in [0, 0.05) is 31.6 Å². The lowest BCUT2D eigenvalue weighted by molar-refractivity contribution is -0.121. The average Bonchev–Trinajstić information content (AvgIpc) is 3.06. The van der Waals surface area contributed by atoms with Crippen molar-refractivity contribution in [1.29, 1.82) is 0 Å². The number of nitrogens with one attached hydrogen (secondary N) is 3. The van der Waals surface area contributed by atoms with E-state index in [2.05, 4.69) is 22.9 Å². The predicted octanol–water partition coefficient (Wildman–Crippen LogP) is 1.41. The first-order valence-electron chi connectivity index (χ1n) is 8.04. The quantitative estimate of drug-likeness (QED) is 0.654. The van der Waals surface area contributed by atoms with Crippen molar-refractivity contribution in [3.05, 3.63) is 0 Å². The lowest BCUT2D eigenvalue weighted by Crippen LogP contribution is -2.43. The molecular formula is C15H29N3O. The molecule has 1 amide bonds.